The summed E-state index contributed by atoms with van der Waals surface area (Å²) in [5.74, 6) is 0. The molecule has 1 aliphatic carbocycles. The number of aromatic nitrogens is 1. The molecule has 20 heavy (non-hydrogen) atoms. The minimum atomic E-state index is 0.136. The highest BCUT2D eigenvalue weighted by Gasteiger charge is 2.35. The average Bonchev–Trinajstić information content (AvgIpc) is 2.74. The van der Waals surface area contributed by atoms with Crippen LogP contribution in [0.5, 0.6) is 0 Å². The second-order valence-corrected chi connectivity index (χ2v) is 7.73. The quantitative estimate of drug-likeness (QED) is 0.849. The zero-order chi connectivity index (χ0) is 14.6. The van der Waals surface area contributed by atoms with Crippen molar-refractivity contribution in [3.8, 4) is 0 Å². The molecule has 0 atom stereocenters. The molecule has 0 bridgehead atoms. The molecule has 1 aliphatic rings. The third-order valence-corrected chi connectivity index (χ3v) is 5.63. The molecular weight excluding hydrogens is 264 g/mol. The van der Waals surface area contributed by atoms with E-state index in [9.17, 15) is 0 Å². The number of rotatable bonds is 4. The van der Waals surface area contributed by atoms with Crippen LogP contribution in [0.3, 0.4) is 0 Å². The van der Waals surface area contributed by atoms with Crippen LogP contribution in [0.4, 0.5) is 0 Å². The topological polar surface area (TPSA) is 24.9 Å². The predicted molar refractivity (Wildman–Crippen MR) is 88.5 cm³/mol. The summed E-state index contributed by atoms with van der Waals surface area (Å²) in [6.07, 6.45) is 10.4. The lowest BCUT2D eigenvalue weighted by atomic mass is 9.83. The van der Waals surface area contributed by atoms with E-state index in [-0.39, 0.29) is 5.54 Å². The first kappa shape index (κ1) is 16.0. The Morgan fingerprint density at radius 1 is 1.15 bits per heavy atom. The predicted octanol–water partition coefficient (Wildman–Crippen LogP) is 4.95. The molecule has 2 nitrogen and oxygen atoms in total. The fourth-order valence-corrected chi connectivity index (χ4v) is 4.65. The lowest BCUT2D eigenvalue weighted by Gasteiger charge is -2.36. The molecule has 0 spiro atoms. The van der Waals surface area contributed by atoms with Crippen LogP contribution in [0.1, 0.15) is 81.3 Å². The summed E-state index contributed by atoms with van der Waals surface area (Å²) in [6.45, 7) is 8.97. The molecule has 0 aliphatic heterocycles. The van der Waals surface area contributed by atoms with Gasteiger partial charge in [0.05, 0.1) is 11.2 Å². The van der Waals surface area contributed by atoms with Crippen molar-refractivity contribution in [3.05, 3.63) is 15.6 Å². The van der Waals surface area contributed by atoms with E-state index in [0.717, 1.165) is 6.42 Å². The van der Waals surface area contributed by atoms with Crippen LogP contribution in [-0.2, 0) is 12.0 Å². The van der Waals surface area contributed by atoms with E-state index in [1.807, 2.05) is 11.3 Å². The first-order valence-electron chi connectivity index (χ1n) is 8.32. The summed E-state index contributed by atoms with van der Waals surface area (Å²) in [5, 5.41) is 5.24. The molecule has 0 unspecified atom stereocenters. The molecule has 1 aromatic rings. The molecule has 2 rings (SSSR count). The van der Waals surface area contributed by atoms with E-state index >= 15 is 0 Å². The highest BCUT2D eigenvalue weighted by Crippen LogP contribution is 2.38. The van der Waals surface area contributed by atoms with Crippen LogP contribution in [0.25, 0.3) is 0 Å². The Kier molecular flexibility index (Phi) is 5.62. The van der Waals surface area contributed by atoms with Crippen molar-refractivity contribution >= 4 is 11.3 Å². The van der Waals surface area contributed by atoms with Crippen LogP contribution in [-0.4, -0.2) is 11.0 Å². The lowest BCUT2D eigenvalue weighted by Crippen LogP contribution is -2.46. The van der Waals surface area contributed by atoms with Gasteiger partial charge >= 0.3 is 0 Å². The highest BCUT2D eigenvalue weighted by molar-refractivity contribution is 7.11. The minimum Gasteiger partial charge on any atom is -0.303 e. The Morgan fingerprint density at radius 2 is 1.75 bits per heavy atom. The monoisotopic (exact) mass is 294 g/mol. The Bertz CT molecular complexity index is 415. The Hall–Kier alpha value is -0.410. The number of hydrogen-bond donors (Lipinski definition) is 1. The summed E-state index contributed by atoms with van der Waals surface area (Å²) in [6, 6.07) is 0.517. The third-order valence-electron chi connectivity index (χ3n) is 4.41. The van der Waals surface area contributed by atoms with E-state index in [4.69, 9.17) is 4.98 Å². The Labute approximate surface area is 128 Å². The first-order chi connectivity index (χ1) is 9.57. The molecule has 1 saturated carbocycles. The van der Waals surface area contributed by atoms with Gasteiger partial charge in [0.15, 0.2) is 0 Å². The van der Waals surface area contributed by atoms with Gasteiger partial charge in [0.2, 0.25) is 0 Å². The number of nitrogens with one attached hydrogen (secondary N) is 1. The molecule has 0 saturated heterocycles. The summed E-state index contributed by atoms with van der Waals surface area (Å²) in [7, 11) is 0. The van der Waals surface area contributed by atoms with Crippen molar-refractivity contribution in [2.45, 2.75) is 90.6 Å². The second kappa shape index (κ2) is 7.04. The standard InChI is InChI=1S/C17H30N2S/c1-5-15-14(4)20-16(18-15)17(19-13(2)3)11-9-7-6-8-10-12-17/h13,19H,5-12H2,1-4H3. The molecule has 0 aromatic carbocycles. The number of thiazole rings is 1. The molecule has 1 heterocycles. The SMILES string of the molecule is CCc1nc(C2(NC(C)C)CCCCCCC2)sc1C. The fraction of sp³-hybridized carbons (Fsp3) is 0.824. The maximum Gasteiger partial charge on any atom is 0.113 e. The highest BCUT2D eigenvalue weighted by atomic mass is 32.1. The summed E-state index contributed by atoms with van der Waals surface area (Å²) < 4.78 is 0. The van der Waals surface area contributed by atoms with Crippen LogP contribution in [0, 0.1) is 6.92 Å². The summed E-state index contributed by atoms with van der Waals surface area (Å²) in [4.78, 5) is 6.42. The van der Waals surface area contributed by atoms with Gasteiger partial charge in [-0.05, 0) is 40.0 Å². The van der Waals surface area contributed by atoms with E-state index in [0.29, 0.717) is 6.04 Å². The lowest BCUT2D eigenvalue weighted by molar-refractivity contribution is 0.233. The third kappa shape index (κ3) is 3.62. The normalized spacial score (nSPS) is 19.9. The van der Waals surface area contributed by atoms with Crippen molar-refractivity contribution in [3.63, 3.8) is 0 Å². The van der Waals surface area contributed by atoms with Gasteiger partial charge in [-0.2, -0.15) is 0 Å². The Balaban J connectivity index is 2.32. The summed E-state index contributed by atoms with van der Waals surface area (Å²) >= 11 is 1.93. The van der Waals surface area contributed by atoms with Crippen molar-refractivity contribution < 1.29 is 0 Å². The fourth-order valence-electron chi connectivity index (χ4n) is 3.44. The van der Waals surface area contributed by atoms with Crippen molar-refractivity contribution in [2.24, 2.45) is 0 Å². The molecule has 1 aromatic heterocycles. The second-order valence-electron chi connectivity index (χ2n) is 6.52. The summed E-state index contributed by atoms with van der Waals surface area (Å²) in [5.41, 5.74) is 1.44. The van der Waals surface area contributed by atoms with Crippen molar-refractivity contribution in [2.75, 3.05) is 0 Å². The molecule has 3 heteroatoms. The molecule has 1 N–H and O–H groups in total. The smallest absolute Gasteiger partial charge is 0.113 e. The van der Waals surface area contributed by atoms with Gasteiger partial charge in [-0.25, -0.2) is 4.98 Å². The zero-order valence-electron chi connectivity index (χ0n) is 13.6. The first-order valence-corrected chi connectivity index (χ1v) is 9.13. The number of aryl methyl sites for hydroxylation is 2. The van der Waals surface area contributed by atoms with Gasteiger partial charge < -0.3 is 5.32 Å². The van der Waals surface area contributed by atoms with Gasteiger partial charge in [-0.15, -0.1) is 11.3 Å². The van der Waals surface area contributed by atoms with Gasteiger partial charge in [0.25, 0.3) is 0 Å². The van der Waals surface area contributed by atoms with Gasteiger partial charge in [-0.3, -0.25) is 0 Å². The number of hydrogen-bond acceptors (Lipinski definition) is 3. The average molecular weight is 295 g/mol. The largest absolute Gasteiger partial charge is 0.303 e. The van der Waals surface area contributed by atoms with Crippen molar-refractivity contribution in [1.29, 1.82) is 0 Å². The Morgan fingerprint density at radius 3 is 2.25 bits per heavy atom. The molecule has 114 valence electrons. The van der Waals surface area contributed by atoms with Crippen LogP contribution < -0.4 is 5.32 Å². The van der Waals surface area contributed by atoms with Crippen LogP contribution in [0.15, 0.2) is 0 Å². The van der Waals surface area contributed by atoms with E-state index in [2.05, 4.69) is 33.0 Å². The van der Waals surface area contributed by atoms with E-state index < -0.39 is 0 Å². The van der Waals surface area contributed by atoms with E-state index in [1.54, 1.807) is 0 Å². The minimum absolute atomic E-state index is 0.136. The number of nitrogens with zero attached hydrogens (tertiary/aromatic N) is 1. The van der Waals surface area contributed by atoms with Gasteiger partial charge in [0, 0.05) is 10.9 Å². The van der Waals surface area contributed by atoms with Crippen LogP contribution in [0.2, 0.25) is 0 Å². The maximum absolute atomic E-state index is 5.01. The van der Waals surface area contributed by atoms with Gasteiger partial charge in [-0.1, -0.05) is 39.0 Å². The van der Waals surface area contributed by atoms with Crippen molar-refractivity contribution in [1.82, 2.24) is 10.3 Å². The molecule has 0 radical (unpaired) electrons. The van der Waals surface area contributed by atoms with Gasteiger partial charge in [0.1, 0.15) is 5.01 Å². The van der Waals surface area contributed by atoms with E-state index in [1.165, 1.54) is 60.5 Å². The van der Waals surface area contributed by atoms with Crippen LogP contribution >= 0.6 is 11.3 Å². The molecule has 1 fully saturated rings. The maximum atomic E-state index is 5.01. The zero-order valence-corrected chi connectivity index (χ0v) is 14.4. The molecular formula is C17H30N2S. The molecule has 0 amide bonds.